The standard InChI is InChI=1S/C20H23N3O6/c1-27-16-6-5-13(10-17(16)28-2)7-8-21-18(24)11-15-19(25)23(20(26)22-15)12-14-4-3-9-29-14/h3-6,9-10,15H,7-8,11-12H2,1-2H3,(H,21,24)(H,22,26)/t15-/m0/s1. The third-order valence-electron chi connectivity index (χ3n) is 4.57. The van der Waals surface area contributed by atoms with Crippen LogP contribution in [0.3, 0.4) is 0 Å². The van der Waals surface area contributed by atoms with Crippen LogP contribution in [-0.2, 0) is 22.6 Å². The Morgan fingerprint density at radius 1 is 1.21 bits per heavy atom. The van der Waals surface area contributed by atoms with Crippen molar-refractivity contribution in [2.24, 2.45) is 0 Å². The predicted molar refractivity (Wildman–Crippen MR) is 102 cm³/mol. The van der Waals surface area contributed by atoms with E-state index in [4.69, 9.17) is 13.9 Å². The summed E-state index contributed by atoms with van der Waals surface area (Å²) in [4.78, 5) is 37.6. The lowest BCUT2D eigenvalue weighted by Crippen LogP contribution is -2.37. The van der Waals surface area contributed by atoms with Crippen molar-refractivity contribution in [3.63, 3.8) is 0 Å². The van der Waals surface area contributed by atoms with Crippen molar-refractivity contribution in [3.05, 3.63) is 47.9 Å². The Balaban J connectivity index is 1.47. The maximum Gasteiger partial charge on any atom is 0.325 e. The van der Waals surface area contributed by atoms with Gasteiger partial charge in [0, 0.05) is 6.54 Å². The molecule has 0 aliphatic carbocycles. The van der Waals surface area contributed by atoms with Crippen LogP contribution in [0, 0.1) is 0 Å². The second-order valence-electron chi connectivity index (χ2n) is 6.50. The van der Waals surface area contributed by atoms with Crippen molar-refractivity contribution in [1.29, 1.82) is 0 Å². The molecule has 2 aromatic rings. The van der Waals surface area contributed by atoms with E-state index >= 15 is 0 Å². The Labute approximate surface area is 167 Å². The Bertz CT molecular complexity index is 880. The number of furan rings is 1. The van der Waals surface area contributed by atoms with E-state index in [1.54, 1.807) is 32.4 Å². The number of carbonyl (C=O) groups is 3. The van der Waals surface area contributed by atoms with Crippen LogP contribution in [0.1, 0.15) is 17.7 Å². The van der Waals surface area contributed by atoms with Crippen LogP contribution in [0.5, 0.6) is 11.5 Å². The fourth-order valence-corrected chi connectivity index (χ4v) is 3.06. The molecular weight excluding hydrogens is 378 g/mol. The molecule has 2 N–H and O–H groups in total. The first-order chi connectivity index (χ1) is 14.0. The number of hydrogen-bond donors (Lipinski definition) is 2. The number of nitrogens with one attached hydrogen (secondary N) is 2. The average molecular weight is 401 g/mol. The molecule has 0 spiro atoms. The predicted octanol–water partition coefficient (Wildman–Crippen LogP) is 1.47. The van der Waals surface area contributed by atoms with Crippen molar-refractivity contribution in [1.82, 2.24) is 15.5 Å². The summed E-state index contributed by atoms with van der Waals surface area (Å²) in [5, 5.41) is 5.31. The van der Waals surface area contributed by atoms with E-state index in [1.165, 1.54) is 6.26 Å². The molecule has 1 aliphatic rings. The van der Waals surface area contributed by atoms with Gasteiger partial charge in [0.1, 0.15) is 11.8 Å². The van der Waals surface area contributed by atoms with E-state index in [2.05, 4.69) is 10.6 Å². The lowest BCUT2D eigenvalue weighted by atomic mass is 10.1. The summed E-state index contributed by atoms with van der Waals surface area (Å²) in [6, 6.07) is 7.48. The summed E-state index contributed by atoms with van der Waals surface area (Å²) in [5.74, 6) is 0.987. The van der Waals surface area contributed by atoms with E-state index in [-0.39, 0.29) is 18.9 Å². The Morgan fingerprint density at radius 3 is 2.69 bits per heavy atom. The average Bonchev–Trinajstić information content (AvgIpc) is 3.32. The first-order valence-corrected chi connectivity index (χ1v) is 9.13. The SMILES string of the molecule is COc1ccc(CCNC(=O)C[C@@H]2NC(=O)N(Cc3ccco3)C2=O)cc1OC. The van der Waals surface area contributed by atoms with Crippen molar-refractivity contribution < 1.29 is 28.3 Å². The zero-order valence-corrected chi connectivity index (χ0v) is 16.3. The normalized spacial score (nSPS) is 15.9. The molecule has 4 amide bonds. The smallest absolute Gasteiger partial charge is 0.325 e. The summed E-state index contributed by atoms with van der Waals surface area (Å²) in [6.45, 7) is 0.425. The molecule has 29 heavy (non-hydrogen) atoms. The van der Waals surface area contributed by atoms with Gasteiger partial charge < -0.3 is 24.5 Å². The Kier molecular flexibility index (Phi) is 6.38. The van der Waals surface area contributed by atoms with Gasteiger partial charge in [-0.15, -0.1) is 0 Å². The van der Waals surface area contributed by atoms with Gasteiger partial charge in [0.2, 0.25) is 5.91 Å². The molecule has 0 unspecified atom stereocenters. The molecule has 9 heteroatoms. The third-order valence-corrected chi connectivity index (χ3v) is 4.57. The summed E-state index contributed by atoms with van der Waals surface area (Å²) in [7, 11) is 3.13. The molecule has 2 heterocycles. The highest BCUT2D eigenvalue weighted by Crippen LogP contribution is 2.27. The van der Waals surface area contributed by atoms with Gasteiger partial charge in [0.15, 0.2) is 11.5 Å². The number of urea groups is 1. The van der Waals surface area contributed by atoms with Gasteiger partial charge in [-0.25, -0.2) is 4.79 Å². The van der Waals surface area contributed by atoms with Crippen LogP contribution in [0.4, 0.5) is 4.79 Å². The second kappa shape index (κ2) is 9.13. The Hall–Kier alpha value is -3.49. The number of amides is 4. The molecule has 1 saturated heterocycles. The first kappa shape index (κ1) is 20.2. The molecule has 9 nitrogen and oxygen atoms in total. The number of methoxy groups -OCH3 is 2. The highest BCUT2D eigenvalue weighted by Gasteiger charge is 2.39. The van der Waals surface area contributed by atoms with Gasteiger partial charge in [0.25, 0.3) is 5.91 Å². The maximum absolute atomic E-state index is 12.4. The zero-order valence-electron chi connectivity index (χ0n) is 16.3. The molecule has 1 fully saturated rings. The monoisotopic (exact) mass is 401 g/mol. The van der Waals surface area contributed by atoms with Crippen LogP contribution in [0.2, 0.25) is 0 Å². The molecule has 3 rings (SSSR count). The molecule has 154 valence electrons. The van der Waals surface area contributed by atoms with Gasteiger partial charge in [-0.3, -0.25) is 14.5 Å². The minimum absolute atomic E-state index is 0.0368. The van der Waals surface area contributed by atoms with Crippen LogP contribution in [-0.4, -0.2) is 49.6 Å². The van der Waals surface area contributed by atoms with E-state index in [9.17, 15) is 14.4 Å². The van der Waals surface area contributed by atoms with Crippen molar-refractivity contribution in [3.8, 4) is 11.5 Å². The highest BCUT2D eigenvalue weighted by atomic mass is 16.5. The van der Waals surface area contributed by atoms with Gasteiger partial charge in [0.05, 0.1) is 33.4 Å². The molecule has 1 aromatic heterocycles. The largest absolute Gasteiger partial charge is 0.493 e. The number of carbonyl (C=O) groups excluding carboxylic acids is 3. The van der Waals surface area contributed by atoms with Gasteiger partial charge >= 0.3 is 6.03 Å². The van der Waals surface area contributed by atoms with Crippen LogP contribution < -0.4 is 20.1 Å². The molecule has 0 radical (unpaired) electrons. The zero-order chi connectivity index (χ0) is 20.8. The number of imide groups is 1. The summed E-state index contributed by atoms with van der Waals surface area (Å²) < 4.78 is 15.6. The molecule has 1 aromatic carbocycles. The third kappa shape index (κ3) is 4.87. The lowest BCUT2D eigenvalue weighted by Gasteiger charge is -2.12. The number of rotatable bonds is 9. The van der Waals surface area contributed by atoms with E-state index in [1.807, 2.05) is 12.1 Å². The van der Waals surface area contributed by atoms with Crippen LogP contribution in [0.25, 0.3) is 0 Å². The molecule has 1 atom stereocenters. The van der Waals surface area contributed by atoms with Crippen LogP contribution in [0.15, 0.2) is 41.0 Å². The van der Waals surface area contributed by atoms with E-state index in [0.29, 0.717) is 30.2 Å². The molecule has 0 saturated carbocycles. The molecule has 0 bridgehead atoms. The minimum Gasteiger partial charge on any atom is -0.493 e. The quantitative estimate of drug-likeness (QED) is 0.616. The summed E-state index contributed by atoms with van der Waals surface area (Å²) in [5.41, 5.74) is 0.970. The van der Waals surface area contributed by atoms with Gasteiger partial charge in [-0.2, -0.15) is 0 Å². The van der Waals surface area contributed by atoms with Crippen molar-refractivity contribution in [2.75, 3.05) is 20.8 Å². The topological polar surface area (TPSA) is 110 Å². The highest BCUT2D eigenvalue weighted by molar-refractivity contribution is 6.05. The number of hydrogen-bond acceptors (Lipinski definition) is 6. The van der Waals surface area contributed by atoms with Crippen LogP contribution >= 0.6 is 0 Å². The number of nitrogens with zero attached hydrogens (tertiary/aromatic N) is 1. The molecular formula is C20H23N3O6. The maximum atomic E-state index is 12.4. The van der Waals surface area contributed by atoms with E-state index in [0.717, 1.165) is 10.5 Å². The Morgan fingerprint density at radius 2 is 2.00 bits per heavy atom. The summed E-state index contributed by atoms with van der Waals surface area (Å²) >= 11 is 0. The fourth-order valence-electron chi connectivity index (χ4n) is 3.06. The number of ether oxygens (including phenoxy) is 2. The number of benzene rings is 1. The van der Waals surface area contributed by atoms with Gasteiger partial charge in [-0.05, 0) is 36.2 Å². The minimum atomic E-state index is -0.876. The van der Waals surface area contributed by atoms with Gasteiger partial charge in [-0.1, -0.05) is 6.07 Å². The summed E-state index contributed by atoms with van der Waals surface area (Å²) in [6.07, 6.45) is 1.93. The second-order valence-corrected chi connectivity index (χ2v) is 6.50. The van der Waals surface area contributed by atoms with Crippen molar-refractivity contribution in [2.45, 2.75) is 25.4 Å². The van der Waals surface area contributed by atoms with Crippen molar-refractivity contribution >= 4 is 17.8 Å². The fraction of sp³-hybridized carbons (Fsp3) is 0.350. The lowest BCUT2D eigenvalue weighted by molar-refractivity contribution is -0.131. The van der Waals surface area contributed by atoms with E-state index < -0.39 is 18.0 Å². The first-order valence-electron chi connectivity index (χ1n) is 9.13. The molecule has 1 aliphatic heterocycles.